The van der Waals surface area contributed by atoms with Crippen molar-refractivity contribution in [3.63, 3.8) is 0 Å². The molecular weight excluding hydrogens is 210 g/mol. The number of aliphatic hydroxyl groups excluding tert-OH is 2. The minimum Gasteiger partial charge on any atom is -0.399 e. The van der Waals surface area contributed by atoms with Crippen molar-refractivity contribution in [3.8, 4) is 0 Å². The highest BCUT2D eigenvalue weighted by Gasteiger charge is 2.10. The van der Waals surface area contributed by atoms with Crippen LogP contribution in [0, 0.1) is 0 Å². The van der Waals surface area contributed by atoms with Crippen LogP contribution in [0.25, 0.3) is 0 Å². The van der Waals surface area contributed by atoms with Crippen molar-refractivity contribution in [1.82, 2.24) is 0 Å². The van der Waals surface area contributed by atoms with Crippen LogP contribution in [0.4, 0.5) is 5.69 Å². The summed E-state index contributed by atoms with van der Waals surface area (Å²) in [5.74, 6) is 0.575. The van der Waals surface area contributed by atoms with E-state index in [-0.39, 0.29) is 11.9 Å². The van der Waals surface area contributed by atoms with Gasteiger partial charge in [0.15, 0.2) is 0 Å². The summed E-state index contributed by atoms with van der Waals surface area (Å²) < 4.78 is 0. The second kappa shape index (κ2) is 6.00. The maximum absolute atomic E-state index is 9.83. The van der Waals surface area contributed by atoms with Gasteiger partial charge in [-0.15, -0.1) is 0 Å². The summed E-state index contributed by atoms with van der Waals surface area (Å²) in [6.45, 7) is 2.06. The van der Waals surface area contributed by atoms with Crippen LogP contribution in [0.5, 0.6) is 0 Å². The van der Waals surface area contributed by atoms with Gasteiger partial charge in [0.1, 0.15) is 0 Å². The van der Waals surface area contributed by atoms with Gasteiger partial charge in [-0.1, -0.05) is 19.1 Å². The molecule has 2 unspecified atom stereocenters. The van der Waals surface area contributed by atoms with Crippen LogP contribution < -0.4 is 5.73 Å². The highest BCUT2D eigenvalue weighted by atomic mass is 32.2. The molecule has 0 amide bonds. The average molecular weight is 227 g/mol. The molecule has 15 heavy (non-hydrogen) atoms. The van der Waals surface area contributed by atoms with Gasteiger partial charge in [-0.25, -0.2) is 0 Å². The van der Waals surface area contributed by atoms with Gasteiger partial charge in [-0.3, -0.25) is 0 Å². The van der Waals surface area contributed by atoms with E-state index in [1.54, 1.807) is 23.9 Å². The van der Waals surface area contributed by atoms with Crippen LogP contribution in [0.2, 0.25) is 0 Å². The lowest BCUT2D eigenvalue weighted by molar-refractivity contribution is 0.204. The molecule has 2 atom stereocenters. The molecule has 0 aliphatic heterocycles. The van der Waals surface area contributed by atoms with E-state index in [4.69, 9.17) is 10.8 Å². The number of thioether (sulfide) groups is 1. The smallest absolute Gasteiger partial charge is 0.0881 e. The molecule has 0 radical (unpaired) electrons. The second-order valence-corrected chi connectivity index (χ2v) is 4.98. The predicted molar refractivity (Wildman–Crippen MR) is 64.8 cm³/mol. The van der Waals surface area contributed by atoms with Crippen molar-refractivity contribution in [1.29, 1.82) is 0 Å². The zero-order valence-electron chi connectivity index (χ0n) is 8.76. The van der Waals surface area contributed by atoms with Gasteiger partial charge in [0.05, 0.1) is 12.7 Å². The van der Waals surface area contributed by atoms with E-state index in [0.717, 1.165) is 5.56 Å². The standard InChI is InChI=1S/C11H17NO2S/c1-8(6-13)15-7-11(14)9-3-2-4-10(12)5-9/h2-5,8,11,13-14H,6-7,12H2,1H3. The van der Waals surface area contributed by atoms with Crippen LogP contribution in [0.15, 0.2) is 24.3 Å². The molecule has 0 saturated heterocycles. The Hall–Kier alpha value is -0.710. The largest absolute Gasteiger partial charge is 0.399 e. The number of hydrogen-bond acceptors (Lipinski definition) is 4. The third-order valence-electron chi connectivity index (χ3n) is 2.09. The van der Waals surface area contributed by atoms with Crippen LogP contribution in [0.1, 0.15) is 18.6 Å². The Kier molecular flexibility index (Phi) is 4.94. The molecule has 0 aromatic heterocycles. The zero-order chi connectivity index (χ0) is 11.3. The zero-order valence-corrected chi connectivity index (χ0v) is 9.57. The van der Waals surface area contributed by atoms with Gasteiger partial charge in [0.25, 0.3) is 0 Å². The summed E-state index contributed by atoms with van der Waals surface area (Å²) in [5.41, 5.74) is 7.11. The minimum absolute atomic E-state index is 0.133. The van der Waals surface area contributed by atoms with Crippen molar-refractivity contribution < 1.29 is 10.2 Å². The summed E-state index contributed by atoms with van der Waals surface area (Å²) in [6.07, 6.45) is -0.521. The van der Waals surface area contributed by atoms with Crippen molar-refractivity contribution in [2.45, 2.75) is 18.3 Å². The first kappa shape index (κ1) is 12.4. The Labute approximate surface area is 94.3 Å². The fourth-order valence-electron chi connectivity index (χ4n) is 1.17. The van der Waals surface area contributed by atoms with E-state index in [1.807, 2.05) is 19.1 Å². The first-order valence-corrected chi connectivity index (χ1v) is 5.94. The van der Waals surface area contributed by atoms with Crippen LogP contribution >= 0.6 is 11.8 Å². The summed E-state index contributed by atoms with van der Waals surface area (Å²) in [5, 5.41) is 18.8. The fraction of sp³-hybridized carbons (Fsp3) is 0.455. The molecule has 1 aromatic rings. The Morgan fingerprint density at radius 3 is 2.80 bits per heavy atom. The SMILES string of the molecule is CC(CO)SCC(O)c1cccc(N)c1. The Morgan fingerprint density at radius 2 is 2.20 bits per heavy atom. The van der Waals surface area contributed by atoms with E-state index in [0.29, 0.717) is 11.4 Å². The molecule has 4 heteroatoms. The van der Waals surface area contributed by atoms with E-state index in [2.05, 4.69) is 0 Å². The molecule has 0 bridgehead atoms. The van der Waals surface area contributed by atoms with Crippen molar-refractivity contribution >= 4 is 17.4 Å². The Balaban J connectivity index is 2.50. The first-order chi connectivity index (χ1) is 7.13. The summed E-state index contributed by atoms with van der Waals surface area (Å²) in [4.78, 5) is 0. The quantitative estimate of drug-likeness (QED) is 0.665. The van der Waals surface area contributed by atoms with Gasteiger partial charge >= 0.3 is 0 Å². The maximum Gasteiger partial charge on any atom is 0.0881 e. The monoisotopic (exact) mass is 227 g/mol. The van der Waals surface area contributed by atoms with Crippen LogP contribution in [0.3, 0.4) is 0 Å². The van der Waals surface area contributed by atoms with Crippen molar-refractivity contribution in [3.05, 3.63) is 29.8 Å². The number of nitrogens with two attached hydrogens (primary N) is 1. The molecule has 0 spiro atoms. The molecule has 0 fully saturated rings. The third-order valence-corrected chi connectivity index (χ3v) is 3.32. The second-order valence-electron chi connectivity index (χ2n) is 3.51. The van der Waals surface area contributed by atoms with Crippen LogP contribution in [-0.4, -0.2) is 27.8 Å². The molecule has 4 N–H and O–H groups in total. The lowest BCUT2D eigenvalue weighted by atomic mass is 10.1. The number of hydrogen-bond donors (Lipinski definition) is 3. The number of anilines is 1. The number of benzene rings is 1. The van der Waals surface area contributed by atoms with E-state index >= 15 is 0 Å². The topological polar surface area (TPSA) is 66.5 Å². The molecule has 0 aliphatic rings. The minimum atomic E-state index is -0.521. The van der Waals surface area contributed by atoms with Gasteiger partial charge in [0.2, 0.25) is 0 Å². The normalized spacial score (nSPS) is 14.9. The van der Waals surface area contributed by atoms with E-state index in [1.165, 1.54) is 0 Å². The van der Waals surface area contributed by atoms with Gasteiger partial charge in [-0.2, -0.15) is 11.8 Å². The predicted octanol–water partition coefficient (Wildman–Crippen LogP) is 1.42. The van der Waals surface area contributed by atoms with E-state index < -0.39 is 6.10 Å². The third kappa shape index (κ3) is 4.11. The lowest BCUT2D eigenvalue weighted by Gasteiger charge is -2.13. The molecule has 3 nitrogen and oxygen atoms in total. The van der Waals surface area contributed by atoms with Gasteiger partial charge in [0, 0.05) is 16.7 Å². The van der Waals surface area contributed by atoms with Crippen molar-refractivity contribution in [2.24, 2.45) is 0 Å². The van der Waals surface area contributed by atoms with Crippen LogP contribution in [-0.2, 0) is 0 Å². The van der Waals surface area contributed by atoms with Gasteiger partial charge in [-0.05, 0) is 17.7 Å². The molecular formula is C11H17NO2S. The number of nitrogen functional groups attached to an aromatic ring is 1. The highest BCUT2D eigenvalue weighted by Crippen LogP contribution is 2.22. The lowest BCUT2D eigenvalue weighted by Crippen LogP contribution is -2.08. The summed E-state index contributed by atoms with van der Waals surface area (Å²) in [6, 6.07) is 7.24. The molecule has 1 rings (SSSR count). The summed E-state index contributed by atoms with van der Waals surface area (Å²) >= 11 is 1.54. The molecule has 84 valence electrons. The number of aliphatic hydroxyl groups is 2. The van der Waals surface area contributed by atoms with Crippen molar-refractivity contribution in [2.75, 3.05) is 18.1 Å². The first-order valence-electron chi connectivity index (χ1n) is 4.89. The Bertz CT molecular complexity index is 306. The molecule has 0 saturated carbocycles. The molecule has 1 aromatic carbocycles. The number of rotatable bonds is 5. The maximum atomic E-state index is 9.83. The average Bonchev–Trinajstić information content (AvgIpc) is 2.25. The van der Waals surface area contributed by atoms with Gasteiger partial charge < -0.3 is 15.9 Å². The molecule has 0 aliphatic carbocycles. The highest BCUT2D eigenvalue weighted by molar-refractivity contribution is 7.99. The molecule has 0 heterocycles. The van der Waals surface area contributed by atoms with E-state index in [9.17, 15) is 5.11 Å². The summed E-state index contributed by atoms with van der Waals surface area (Å²) in [7, 11) is 0. The fourth-order valence-corrected chi connectivity index (χ4v) is 1.98. The Morgan fingerprint density at radius 1 is 1.47 bits per heavy atom.